The highest BCUT2D eigenvalue weighted by atomic mass is 35.5. The van der Waals surface area contributed by atoms with Crippen molar-refractivity contribution in [3.63, 3.8) is 0 Å². The van der Waals surface area contributed by atoms with Crippen molar-refractivity contribution in [2.45, 2.75) is 11.8 Å². The molecule has 1 rings (SSSR count). The summed E-state index contributed by atoms with van der Waals surface area (Å²) in [4.78, 5) is 10.8. The average Bonchev–Trinajstić information content (AvgIpc) is 2.16. The zero-order valence-electron chi connectivity index (χ0n) is 7.63. The fourth-order valence-electron chi connectivity index (χ4n) is 0.950. The van der Waals surface area contributed by atoms with E-state index in [0.29, 0.717) is 17.2 Å². The van der Waals surface area contributed by atoms with E-state index < -0.39 is 5.97 Å². The molecule has 5 heteroatoms. The van der Waals surface area contributed by atoms with E-state index in [9.17, 15) is 4.79 Å². The van der Waals surface area contributed by atoms with Crippen molar-refractivity contribution in [3.8, 4) is 0 Å². The van der Waals surface area contributed by atoms with Gasteiger partial charge in [-0.2, -0.15) is 0 Å². The lowest BCUT2D eigenvalue weighted by Crippen LogP contribution is -2.12. The Morgan fingerprint density at radius 2 is 2.43 bits per heavy atom. The Kier molecular flexibility index (Phi) is 4.29. The van der Waals surface area contributed by atoms with Crippen LogP contribution in [0.5, 0.6) is 0 Å². The van der Waals surface area contributed by atoms with E-state index in [4.69, 9.17) is 27.9 Å². The van der Waals surface area contributed by atoms with Gasteiger partial charge < -0.3 is 9.47 Å². The summed E-state index contributed by atoms with van der Waals surface area (Å²) in [6.45, 7) is -0.140. The van der Waals surface area contributed by atoms with Gasteiger partial charge >= 0.3 is 5.97 Å². The first-order valence-corrected chi connectivity index (χ1v) is 4.86. The molecule has 0 aliphatic heterocycles. The second-order valence-corrected chi connectivity index (χ2v) is 3.67. The van der Waals surface area contributed by atoms with E-state index in [2.05, 4.69) is 4.74 Å². The summed E-state index contributed by atoms with van der Waals surface area (Å²) >= 11 is 11.6. The minimum Gasteiger partial charge on any atom is -0.481 e. The number of allylic oxidation sites excluding steroid dienone is 3. The first kappa shape index (κ1) is 11.4. The topological polar surface area (TPSA) is 35.5 Å². The van der Waals surface area contributed by atoms with Gasteiger partial charge in [0.15, 0.2) is 6.61 Å². The van der Waals surface area contributed by atoms with E-state index in [1.54, 1.807) is 12.2 Å². The van der Waals surface area contributed by atoms with Gasteiger partial charge in [0, 0.05) is 0 Å². The maximum Gasteiger partial charge on any atom is 0.343 e. The Bertz CT molecular complexity index is 284. The van der Waals surface area contributed by atoms with E-state index in [0.717, 1.165) is 0 Å². The summed E-state index contributed by atoms with van der Waals surface area (Å²) in [7, 11) is 1.30. The number of halogens is 2. The lowest BCUT2D eigenvalue weighted by atomic mass is 10.1. The molecule has 78 valence electrons. The van der Waals surface area contributed by atoms with Gasteiger partial charge in [-0.15, -0.1) is 11.6 Å². The molecule has 0 fully saturated rings. The predicted molar refractivity (Wildman–Crippen MR) is 54.2 cm³/mol. The Morgan fingerprint density at radius 1 is 1.71 bits per heavy atom. The van der Waals surface area contributed by atoms with E-state index in [1.165, 1.54) is 7.11 Å². The van der Waals surface area contributed by atoms with Crippen LogP contribution in [0.25, 0.3) is 0 Å². The number of alkyl halides is 1. The zero-order chi connectivity index (χ0) is 10.6. The average molecular weight is 237 g/mol. The number of rotatable bonds is 3. The molecule has 0 bridgehead atoms. The van der Waals surface area contributed by atoms with Crippen LogP contribution in [0.4, 0.5) is 0 Å². The van der Waals surface area contributed by atoms with Crippen LogP contribution >= 0.6 is 23.2 Å². The Balaban J connectivity index is 2.46. The Morgan fingerprint density at radius 3 is 3.00 bits per heavy atom. The Hall–Kier alpha value is -0.670. The quantitative estimate of drug-likeness (QED) is 0.557. The van der Waals surface area contributed by atoms with Gasteiger partial charge in [0.2, 0.25) is 0 Å². The third-order valence-electron chi connectivity index (χ3n) is 1.66. The van der Waals surface area contributed by atoms with Gasteiger partial charge in [-0.3, -0.25) is 0 Å². The van der Waals surface area contributed by atoms with Gasteiger partial charge in [-0.25, -0.2) is 4.79 Å². The van der Waals surface area contributed by atoms with Crippen LogP contribution in [0.2, 0.25) is 0 Å². The maximum atomic E-state index is 10.8. The molecule has 3 nitrogen and oxygen atoms in total. The number of esters is 1. The first-order chi connectivity index (χ1) is 6.63. The predicted octanol–water partition coefficient (Wildman–Crippen LogP) is 2.19. The molecule has 0 aromatic carbocycles. The van der Waals surface area contributed by atoms with Gasteiger partial charge in [-0.1, -0.05) is 11.6 Å². The van der Waals surface area contributed by atoms with Crippen molar-refractivity contribution in [1.82, 2.24) is 0 Å². The molecule has 0 N–H and O–H groups in total. The highest BCUT2D eigenvalue weighted by Gasteiger charge is 2.14. The lowest BCUT2D eigenvalue weighted by molar-refractivity contribution is -0.144. The summed E-state index contributed by atoms with van der Waals surface area (Å²) in [5, 5.41) is 0.327. The molecule has 1 unspecified atom stereocenters. The summed E-state index contributed by atoms with van der Waals surface area (Å²) in [6.07, 6.45) is 4.08. The van der Waals surface area contributed by atoms with Gasteiger partial charge in [0.05, 0.1) is 17.5 Å². The van der Waals surface area contributed by atoms with Crippen LogP contribution in [0, 0.1) is 0 Å². The van der Waals surface area contributed by atoms with E-state index in [-0.39, 0.29) is 12.0 Å². The van der Waals surface area contributed by atoms with Crippen molar-refractivity contribution < 1.29 is 14.3 Å². The molecule has 0 aromatic heterocycles. The number of hydrogen-bond donors (Lipinski definition) is 0. The minimum atomic E-state index is -0.441. The van der Waals surface area contributed by atoms with Crippen LogP contribution in [-0.2, 0) is 14.3 Å². The largest absolute Gasteiger partial charge is 0.481 e. The second kappa shape index (κ2) is 5.27. The molecule has 1 aliphatic carbocycles. The summed E-state index contributed by atoms with van der Waals surface area (Å²) in [6, 6.07) is 0. The Labute approximate surface area is 92.3 Å². The summed E-state index contributed by atoms with van der Waals surface area (Å²) in [5.74, 6) is 0.0392. The van der Waals surface area contributed by atoms with Crippen molar-refractivity contribution in [3.05, 3.63) is 22.9 Å². The van der Waals surface area contributed by atoms with Gasteiger partial charge in [-0.05, 0) is 18.6 Å². The normalized spacial score (nSPS) is 20.9. The molecular weight excluding hydrogens is 227 g/mol. The molecule has 0 aromatic rings. The summed E-state index contributed by atoms with van der Waals surface area (Å²) in [5.41, 5.74) is 0. The lowest BCUT2D eigenvalue weighted by Gasteiger charge is -2.14. The third-order valence-corrected chi connectivity index (χ3v) is 2.28. The van der Waals surface area contributed by atoms with Crippen LogP contribution in [0.15, 0.2) is 22.9 Å². The van der Waals surface area contributed by atoms with Crippen LogP contribution < -0.4 is 0 Å². The molecule has 0 saturated heterocycles. The molecule has 0 radical (unpaired) electrons. The van der Waals surface area contributed by atoms with Crippen LogP contribution in [0.1, 0.15) is 6.42 Å². The molecule has 0 spiro atoms. The molecular formula is C9H10Cl2O3. The number of hydrogen-bond acceptors (Lipinski definition) is 3. The standard InChI is InChI=1S/C9H10Cl2O3/c1-13-9(12)5-14-8-3-2-6(10)4-7(8)11/h3-4,6H,2,5H2,1H3. The number of carbonyl (C=O) groups excluding carboxylic acids is 1. The van der Waals surface area contributed by atoms with Gasteiger partial charge in [0.1, 0.15) is 5.76 Å². The molecule has 1 atom stereocenters. The maximum absolute atomic E-state index is 10.8. The first-order valence-electron chi connectivity index (χ1n) is 4.05. The van der Waals surface area contributed by atoms with E-state index >= 15 is 0 Å². The fourth-order valence-corrected chi connectivity index (χ4v) is 1.51. The van der Waals surface area contributed by atoms with Crippen molar-refractivity contribution in [1.29, 1.82) is 0 Å². The molecule has 0 amide bonds. The van der Waals surface area contributed by atoms with Crippen molar-refractivity contribution in [2.24, 2.45) is 0 Å². The second-order valence-electron chi connectivity index (χ2n) is 2.70. The SMILES string of the molecule is COC(=O)COC1=CCC(Cl)C=C1Cl. The molecule has 0 saturated carbocycles. The van der Waals surface area contributed by atoms with Gasteiger partial charge in [0.25, 0.3) is 0 Å². The highest BCUT2D eigenvalue weighted by molar-refractivity contribution is 6.33. The van der Waals surface area contributed by atoms with Crippen molar-refractivity contribution >= 4 is 29.2 Å². The van der Waals surface area contributed by atoms with Crippen LogP contribution in [-0.4, -0.2) is 25.1 Å². The molecule has 14 heavy (non-hydrogen) atoms. The number of carbonyl (C=O) groups is 1. The zero-order valence-corrected chi connectivity index (χ0v) is 9.14. The van der Waals surface area contributed by atoms with E-state index in [1.807, 2.05) is 0 Å². The molecule has 0 heterocycles. The summed E-state index contributed by atoms with van der Waals surface area (Å²) < 4.78 is 9.54. The monoisotopic (exact) mass is 236 g/mol. The highest BCUT2D eigenvalue weighted by Crippen LogP contribution is 2.25. The van der Waals surface area contributed by atoms with Crippen LogP contribution in [0.3, 0.4) is 0 Å². The molecule has 1 aliphatic rings. The minimum absolute atomic E-state index is 0.104. The third kappa shape index (κ3) is 3.24. The van der Waals surface area contributed by atoms with Crippen molar-refractivity contribution in [2.75, 3.05) is 13.7 Å². The number of methoxy groups -OCH3 is 1. The smallest absolute Gasteiger partial charge is 0.343 e. The number of ether oxygens (including phenoxy) is 2. The fraction of sp³-hybridized carbons (Fsp3) is 0.444.